The summed E-state index contributed by atoms with van der Waals surface area (Å²) in [4.78, 5) is 11.4. The van der Waals surface area contributed by atoms with Crippen molar-refractivity contribution in [1.82, 2.24) is 0 Å². The molecule has 0 saturated carbocycles. The summed E-state index contributed by atoms with van der Waals surface area (Å²) in [6.07, 6.45) is 0. The Balaban J connectivity index is 2.88. The predicted molar refractivity (Wildman–Crippen MR) is 45.5 cm³/mol. The molecule has 0 N–H and O–H groups in total. The first-order chi connectivity index (χ1) is 5.75. The summed E-state index contributed by atoms with van der Waals surface area (Å²) in [7, 11) is 0. The lowest BCUT2D eigenvalue weighted by atomic mass is 10.0. The fraction of sp³-hybridized carbons (Fsp3) is 0.200. The Morgan fingerprint density at radius 2 is 2.00 bits per heavy atom. The minimum atomic E-state index is -0.549. The van der Waals surface area contributed by atoms with Crippen LogP contribution in [0.2, 0.25) is 0 Å². The highest BCUT2D eigenvalue weighted by atomic mass is 16.1. The zero-order valence-electron chi connectivity index (χ0n) is 6.82. The second-order valence-electron chi connectivity index (χ2n) is 2.58. The topological polar surface area (TPSA) is 40.9 Å². The predicted octanol–water partition coefficient (Wildman–Crippen LogP) is 2.03. The summed E-state index contributed by atoms with van der Waals surface area (Å²) in [5.41, 5.74) is 0.603. The van der Waals surface area contributed by atoms with Gasteiger partial charge in [-0.1, -0.05) is 30.3 Å². The van der Waals surface area contributed by atoms with Crippen LogP contribution < -0.4 is 0 Å². The van der Waals surface area contributed by atoms with Gasteiger partial charge in [-0.05, 0) is 6.92 Å². The van der Waals surface area contributed by atoms with Crippen LogP contribution in [0.3, 0.4) is 0 Å². The zero-order valence-corrected chi connectivity index (χ0v) is 6.82. The van der Waals surface area contributed by atoms with Gasteiger partial charge in [0.1, 0.15) is 5.92 Å². The third-order valence-electron chi connectivity index (χ3n) is 1.65. The van der Waals surface area contributed by atoms with Crippen molar-refractivity contribution in [2.24, 2.45) is 5.92 Å². The Morgan fingerprint density at radius 3 is 2.50 bits per heavy atom. The van der Waals surface area contributed by atoms with Gasteiger partial charge >= 0.3 is 0 Å². The summed E-state index contributed by atoms with van der Waals surface area (Å²) < 4.78 is 0. The Morgan fingerprint density at radius 1 is 1.42 bits per heavy atom. The van der Waals surface area contributed by atoms with Gasteiger partial charge in [0, 0.05) is 5.56 Å². The number of rotatable bonds is 2. The molecule has 0 fully saturated rings. The first-order valence-corrected chi connectivity index (χ1v) is 3.74. The number of hydrogen-bond donors (Lipinski definition) is 0. The molecule has 0 heterocycles. The van der Waals surface area contributed by atoms with Crippen molar-refractivity contribution in [2.75, 3.05) is 0 Å². The summed E-state index contributed by atoms with van der Waals surface area (Å²) in [6.45, 7) is 1.61. The first kappa shape index (κ1) is 8.48. The third kappa shape index (κ3) is 1.70. The lowest BCUT2D eigenvalue weighted by Crippen LogP contribution is -2.08. The Bertz CT molecular complexity index is 310. The van der Waals surface area contributed by atoms with Gasteiger partial charge in [-0.3, -0.25) is 4.79 Å². The maximum Gasteiger partial charge on any atom is 0.179 e. The second kappa shape index (κ2) is 3.68. The largest absolute Gasteiger partial charge is 0.293 e. The summed E-state index contributed by atoms with van der Waals surface area (Å²) in [5.74, 6) is -0.662. The standard InChI is InChI=1S/C10H9NO/c1-8(7-11)10(12)9-5-3-2-4-6-9/h2-6,8H,1H3. The normalized spacial score (nSPS) is 11.7. The summed E-state index contributed by atoms with van der Waals surface area (Å²) in [5, 5.41) is 8.50. The molecular weight excluding hydrogens is 150 g/mol. The molecule has 1 atom stereocenters. The number of Topliss-reactive ketones (excluding diaryl/α,β-unsaturated/α-hetero) is 1. The van der Waals surface area contributed by atoms with Crippen LogP contribution in [0.1, 0.15) is 17.3 Å². The van der Waals surface area contributed by atoms with Crippen molar-refractivity contribution in [3.8, 4) is 6.07 Å². The van der Waals surface area contributed by atoms with Gasteiger partial charge in [0.15, 0.2) is 5.78 Å². The minimum absolute atomic E-state index is 0.113. The number of nitrogens with zero attached hydrogens (tertiary/aromatic N) is 1. The van der Waals surface area contributed by atoms with E-state index in [9.17, 15) is 4.79 Å². The highest BCUT2D eigenvalue weighted by molar-refractivity contribution is 5.98. The Labute approximate surface area is 71.4 Å². The monoisotopic (exact) mass is 159 g/mol. The molecule has 1 aromatic carbocycles. The van der Waals surface area contributed by atoms with E-state index in [0.29, 0.717) is 5.56 Å². The molecule has 0 saturated heterocycles. The molecule has 60 valence electrons. The maximum atomic E-state index is 11.4. The molecule has 0 aliphatic carbocycles. The van der Waals surface area contributed by atoms with Crippen molar-refractivity contribution in [3.05, 3.63) is 35.9 Å². The fourth-order valence-electron chi connectivity index (χ4n) is 0.911. The molecular formula is C10H9NO. The van der Waals surface area contributed by atoms with Crippen LogP contribution in [0.25, 0.3) is 0 Å². The highest BCUT2D eigenvalue weighted by Gasteiger charge is 2.12. The van der Waals surface area contributed by atoms with Gasteiger partial charge in [0.25, 0.3) is 0 Å². The Hall–Kier alpha value is -1.62. The first-order valence-electron chi connectivity index (χ1n) is 3.74. The highest BCUT2D eigenvalue weighted by Crippen LogP contribution is 2.06. The van der Waals surface area contributed by atoms with Crippen LogP contribution in [-0.4, -0.2) is 5.78 Å². The van der Waals surface area contributed by atoms with Crippen LogP contribution in [0, 0.1) is 17.2 Å². The molecule has 0 aliphatic rings. The molecule has 2 heteroatoms. The molecule has 0 bridgehead atoms. The molecule has 1 aromatic rings. The van der Waals surface area contributed by atoms with Crippen molar-refractivity contribution in [3.63, 3.8) is 0 Å². The quantitative estimate of drug-likeness (QED) is 0.619. The van der Waals surface area contributed by atoms with Crippen molar-refractivity contribution >= 4 is 5.78 Å². The van der Waals surface area contributed by atoms with Crippen LogP contribution in [0.4, 0.5) is 0 Å². The number of benzene rings is 1. The molecule has 0 spiro atoms. The van der Waals surface area contributed by atoms with E-state index in [1.54, 1.807) is 31.2 Å². The molecule has 12 heavy (non-hydrogen) atoms. The van der Waals surface area contributed by atoms with Crippen molar-refractivity contribution < 1.29 is 4.79 Å². The van der Waals surface area contributed by atoms with Crippen LogP contribution in [0.5, 0.6) is 0 Å². The minimum Gasteiger partial charge on any atom is -0.293 e. The Kier molecular flexibility index (Phi) is 2.60. The van der Waals surface area contributed by atoms with E-state index in [1.807, 2.05) is 12.1 Å². The van der Waals surface area contributed by atoms with E-state index in [2.05, 4.69) is 0 Å². The van der Waals surface area contributed by atoms with Gasteiger partial charge in [-0.2, -0.15) is 5.26 Å². The molecule has 1 rings (SSSR count). The number of hydrogen-bond acceptors (Lipinski definition) is 2. The van der Waals surface area contributed by atoms with Gasteiger partial charge in [-0.15, -0.1) is 0 Å². The van der Waals surface area contributed by atoms with Gasteiger partial charge in [0.2, 0.25) is 0 Å². The van der Waals surface area contributed by atoms with Crippen molar-refractivity contribution in [2.45, 2.75) is 6.92 Å². The maximum absolute atomic E-state index is 11.4. The van der Waals surface area contributed by atoms with E-state index in [0.717, 1.165) is 0 Å². The van der Waals surface area contributed by atoms with E-state index >= 15 is 0 Å². The number of ketones is 1. The second-order valence-corrected chi connectivity index (χ2v) is 2.58. The fourth-order valence-corrected chi connectivity index (χ4v) is 0.911. The average Bonchev–Trinajstić information content (AvgIpc) is 2.17. The number of carbonyl (C=O) groups is 1. The van der Waals surface area contributed by atoms with E-state index < -0.39 is 5.92 Å². The van der Waals surface area contributed by atoms with E-state index in [1.165, 1.54) is 0 Å². The van der Waals surface area contributed by atoms with E-state index in [-0.39, 0.29) is 5.78 Å². The lowest BCUT2D eigenvalue weighted by molar-refractivity contribution is 0.0956. The van der Waals surface area contributed by atoms with E-state index in [4.69, 9.17) is 5.26 Å². The molecule has 0 amide bonds. The SMILES string of the molecule is CC(C#N)C(=O)c1ccccc1. The van der Waals surface area contributed by atoms with Crippen LogP contribution in [-0.2, 0) is 0 Å². The van der Waals surface area contributed by atoms with Crippen LogP contribution in [0.15, 0.2) is 30.3 Å². The molecule has 2 nitrogen and oxygen atoms in total. The molecule has 0 aromatic heterocycles. The summed E-state index contributed by atoms with van der Waals surface area (Å²) in [6, 6.07) is 10.8. The lowest BCUT2D eigenvalue weighted by Gasteiger charge is -1.99. The third-order valence-corrected chi connectivity index (χ3v) is 1.65. The molecule has 0 radical (unpaired) electrons. The molecule has 1 unspecified atom stereocenters. The van der Waals surface area contributed by atoms with Gasteiger partial charge in [0.05, 0.1) is 6.07 Å². The zero-order chi connectivity index (χ0) is 8.97. The summed E-state index contributed by atoms with van der Waals surface area (Å²) >= 11 is 0. The van der Waals surface area contributed by atoms with Crippen LogP contribution >= 0.6 is 0 Å². The number of nitriles is 1. The van der Waals surface area contributed by atoms with Gasteiger partial charge in [-0.25, -0.2) is 0 Å². The molecule has 0 aliphatic heterocycles. The van der Waals surface area contributed by atoms with Crippen molar-refractivity contribution in [1.29, 1.82) is 5.26 Å². The smallest absolute Gasteiger partial charge is 0.179 e. The van der Waals surface area contributed by atoms with Gasteiger partial charge < -0.3 is 0 Å². The number of carbonyl (C=O) groups excluding carboxylic acids is 1. The average molecular weight is 159 g/mol.